The molecule has 16 heavy (non-hydrogen) atoms. The van der Waals surface area contributed by atoms with Crippen LogP contribution in [0, 0.1) is 0 Å². The van der Waals surface area contributed by atoms with E-state index in [0.29, 0.717) is 0 Å². The van der Waals surface area contributed by atoms with Crippen molar-refractivity contribution in [3.05, 3.63) is 59.1 Å². The molecular formula is C14H17BrRu. The Hall–Kier alpha value is -0.197. The number of hydrogen-bond acceptors (Lipinski definition) is 0. The third-order valence-electron chi connectivity index (χ3n) is 2.07. The molecule has 1 aliphatic carbocycles. The molecule has 0 unspecified atom stereocenters. The van der Waals surface area contributed by atoms with Crippen molar-refractivity contribution in [2.24, 2.45) is 0 Å². The van der Waals surface area contributed by atoms with Crippen molar-refractivity contribution in [3.8, 4) is 0 Å². The zero-order chi connectivity index (χ0) is 10.8. The molecule has 0 atom stereocenters. The van der Waals surface area contributed by atoms with Gasteiger partial charge in [-0.15, -0.1) is 0 Å². The van der Waals surface area contributed by atoms with Gasteiger partial charge in [-0.05, 0) is 37.8 Å². The third kappa shape index (κ3) is 9.06. The average molecular weight is 366 g/mol. The standard InChI is InChI=1S/C8H12.C6H5Br.Ru/c1-2-4-6-8-7-5-3-1;7-6-4-2-1-3-5-6;/h1-2,7-8H,3-6H2;1-5H;/b2-1-,8-7-;;. The topological polar surface area (TPSA) is 0 Å². The van der Waals surface area contributed by atoms with E-state index >= 15 is 0 Å². The SMILES string of the molecule is Brc1ccccc1.C1=C\CC/C=C\CC/1.[Ru]. The van der Waals surface area contributed by atoms with Gasteiger partial charge in [0.25, 0.3) is 0 Å². The third-order valence-corrected chi connectivity index (χ3v) is 2.60. The zero-order valence-corrected chi connectivity index (χ0v) is 12.6. The van der Waals surface area contributed by atoms with Gasteiger partial charge in [0.1, 0.15) is 0 Å². The molecule has 1 aliphatic rings. The number of halogens is 1. The van der Waals surface area contributed by atoms with Gasteiger partial charge < -0.3 is 0 Å². The summed E-state index contributed by atoms with van der Waals surface area (Å²) in [5.41, 5.74) is 0. The van der Waals surface area contributed by atoms with Crippen molar-refractivity contribution < 1.29 is 19.5 Å². The molecule has 0 spiro atoms. The van der Waals surface area contributed by atoms with Crippen LogP contribution in [-0.4, -0.2) is 0 Å². The fourth-order valence-electron chi connectivity index (χ4n) is 1.27. The molecule has 88 valence electrons. The van der Waals surface area contributed by atoms with Gasteiger partial charge in [0.15, 0.2) is 0 Å². The van der Waals surface area contributed by atoms with Crippen molar-refractivity contribution >= 4 is 15.9 Å². The summed E-state index contributed by atoms with van der Waals surface area (Å²) < 4.78 is 1.13. The zero-order valence-electron chi connectivity index (χ0n) is 9.26. The first kappa shape index (κ1) is 15.8. The van der Waals surface area contributed by atoms with E-state index in [1.807, 2.05) is 30.3 Å². The van der Waals surface area contributed by atoms with Crippen LogP contribution >= 0.6 is 15.9 Å². The minimum atomic E-state index is 0. The van der Waals surface area contributed by atoms with E-state index in [1.54, 1.807) is 0 Å². The molecule has 1 aromatic carbocycles. The van der Waals surface area contributed by atoms with Crippen molar-refractivity contribution in [3.63, 3.8) is 0 Å². The van der Waals surface area contributed by atoms with E-state index in [-0.39, 0.29) is 19.5 Å². The van der Waals surface area contributed by atoms with E-state index in [0.717, 1.165) is 4.47 Å². The molecule has 0 fully saturated rings. The van der Waals surface area contributed by atoms with Crippen molar-refractivity contribution in [1.29, 1.82) is 0 Å². The van der Waals surface area contributed by atoms with Gasteiger partial charge in [0.05, 0.1) is 0 Å². The molecule has 0 saturated carbocycles. The first-order chi connectivity index (χ1) is 7.39. The van der Waals surface area contributed by atoms with E-state index < -0.39 is 0 Å². The van der Waals surface area contributed by atoms with Crippen LogP contribution in [0.4, 0.5) is 0 Å². The minimum absolute atomic E-state index is 0. The van der Waals surface area contributed by atoms with Crippen LogP contribution in [0.5, 0.6) is 0 Å². The molecule has 0 saturated heterocycles. The van der Waals surface area contributed by atoms with E-state index in [4.69, 9.17) is 0 Å². The first-order valence-corrected chi connectivity index (χ1v) is 6.19. The predicted molar refractivity (Wildman–Crippen MR) is 70.9 cm³/mol. The predicted octanol–water partition coefficient (Wildman–Crippen LogP) is 5.12. The molecule has 0 aliphatic heterocycles. The largest absolute Gasteiger partial charge is 0.0882 e. The van der Waals surface area contributed by atoms with Gasteiger partial charge in [0.2, 0.25) is 0 Å². The Balaban J connectivity index is 0.000000267. The van der Waals surface area contributed by atoms with Gasteiger partial charge >= 0.3 is 0 Å². The Morgan fingerprint density at radius 1 is 0.688 bits per heavy atom. The fraction of sp³-hybridized carbons (Fsp3) is 0.286. The first-order valence-electron chi connectivity index (χ1n) is 5.40. The molecule has 0 heterocycles. The van der Waals surface area contributed by atoms with Crippen molar-refractivity contribution in [1.82, 2.24) is 0 Å². The fourth-order valence-corrected chi connectivity index (χ4v) is 1.58. The number of benzene rings is 1. The van der Waals surface area contributed by atoms with Gasteiger partial charge in [0, 0.05) is 24.0 Å². The summed E-state index contributed by atoms with van der Waals surface area (Å²) in [6.07, 6.45) is 14.0. The van der Waals surface area contributed by atoms with Gasteiger partial charge in [-0.25, -0.2) is 0 Å². The molecule has 0 amide bonds. The van der Waals surface area contributed by atoms with E-state index in [2.05, 4.69) is 40.2 Å². The summed E-state index contributed by atoms with van der Waals surface area (Å²) in [4.78, 5) is 0. The summed E-state index contributed by atoms with van der Waals surface area (Å²) in [5.74, 6) is 0. The van der Waals surface area contributed by atoms with Gasteiger partial charge in [-0.2, -0.15) is 0 Å². The average Bonchev–Trinajstić information content (AvgIpc) is 2.18. The normalized spacial score (nSPS) is 17.8. The van der Waals surface area contributed by atoms with Crippen LogP contribution < -0.4 is 0 Å². The van der Waals surface area contributed by atoms with Crippen LogP contribution in [0.1, 0.15) is 25.7 Å². The Bertz CT molecular complexity index is 278. The van der Waals surface area contributed by atoms with Crippen LogP contribution in [0.2, 0.25) is 0 Å². The molecule has 0 bridgehead atoms. The molecule has 0 N–H and O–H groups in total. The second-order valence-electron chi connectivity index (χ2n) is 3.39. The molecule has 0 aromatic heterocycles. The maximum Gasteiger partial charge on any atom is 0.0175 e. The Labute approximate surface area is 120 Å². The Morgan fingerprint density at radius 3 is 1.31 bits per heavy atom. The molecule has 2 heteroatoms. The summed E-state index contributed by atoms with van der Waals surface area (Å²) in [5, 5.41) is 0. The molecule has 0 radical (unpaired) electrons. The van der Waals surface area contributed by atoms with Crippen molar-refractivity contribution in [2.45, 2.75) is 25.7 Å². The van der Waals surface area contributed by atoms with Crippen LogP contribution in [0.25, 0.3) is 0 Å². The second-order valence-corrected chi connectivity index (χ2v) is 4.31. The Morgan fingerprint density at radius 2 is 1.06 bits per heavy atom. The van der Waals surface area contributed by atoms with Gasteiger partial charge in [-0.3, -0.25) is 0 Å². The molecular weight excluding hydrogens is 349 g/mol. The Kier molecular flexibility index (Phi) is 11.2. The van der Waals surface area contributed by atoms with Crippen LogP contribution in [0.3, 0.4) is 0 Å². The van der Waals surface area contributed by atoms with Crippen LogP contribution in [0.15, 0.2) is 59.1 Å². The second kappa shape index (κ2) is 11.3. The quantitative estimate of drug-likeness (QED) is 0.442. The molecule has 1 aromatic rings. The number of rotatable bonds is 0. The smallest absolute Gasteiger partial charge is 0.0175 e. The van der Waals surface area contributed by atoms with Crippen molar-refractivity contribution in [2.75, 3.05) is 0 Å². The summed E-state index contributed by atoms with van der Waals surface area (Å²) >= 11 is 3.31. The van der Waals surface area contributed by atoms with Gasteiger partial charge in [-0.1, -0.05) is 58.4 Å². The summed E-state index contributed by atoms with van der Waals surface area (Å²) in [7, 11) is 0. The maximum atomic E-state index is 3.31. The van der Waals surface area contributed by atoms with E-state index in [9.17, 15) is 0 Å². The summed E-state index contributed by atoms with van der Waals surface area (Å²) in [6.45, 7) is 0. The van der Waals surface area contributed by atoms with Crippen LogP contribution in [-0.2, 0) is 19.5 Å². The maximum absolute atomic E-state index is 3.31. The monoisotopic (exact) mass is 366 g/mol. The van der Waals surface area contributed by atoms with E-state index in [1.165, 1.54) is 25.7 Å². The molecule has 2 rings (SSSR count). The molecule has 0 nitrogen and oxygen atoms in total. The minimum Gasteiger partial charge on any atom is -0.0882 e. The summed E-state index contributed by atoms with van der Waals surface area (Å²) in [6, 6.07) is 9.97. The number of allylic oxidation sites excluding steroid dienone is 4. The number of hydrogen-bond donors (Lipinski definition) is 0.